The molecule has 2 rings (SSSR count). The van der Waals surface area contributed by atoms with Crippen LogP contribution >= 0.6 is 23.1 Å². The highest BCUT2D eigenvalue weighted by atomic mass is 32.2. The molecule has 1 aromatic heterocycles. The van der Waals surface area contributed by atoms with E-state index in [1.165, 1.54) is 5.56 Å². The minimum absolute atomic E-state index is 0.934. The zero-order chi connectivity index (χ0) is 11.2. The first kappa shape index (κ1) is 11.4. The molecule has 0 unspecified atom stereocenters. The Bertz CT molecular complexity index is 463. The van der Waals surface area contributed by atoms with Crippen LogP contribution < -0.4 is 0 Å². The van der Waals surface area contributed by atoms with Gasteiger partial charge in [0.2, 0.25) is 0 Å². The summed E-state index contributed by atoms with van der Waals surface area (Å²) < 4.78 is 1.04. The monoisotopic (exact) mass is 248 g/mol. The maximum absolute atomic E-state index is 4.06. The van der Waals surface area contributed by atoms with Crippen LogP contribution in [0, 0.1) is 6.92 Å². The number of aryl methyl sites for hydroxylation is 1. The lowest BCUT2D eigenvalue weighted by molar-refractivity contribution is 0.985. The SMILES string of the molecule is Cc1nnc(SCC=Cc2ccccc2)s1. The minimum Gasteiger partial charge on any atom is -0.143 e. The van der Waals surface area contributed by atoms with Crippen LogP contribution in [0.4, 0.5) is 0 Å². The molecule has 16 heavy (non-hydrogen) atoms. The van der Waals surface area contributed by atoms with Gasteiger partial charge in [0.1, 0.15) is 5.01 Å². The summed E-state index contributed by atoms with van der Waals surface area (Å²) in [6.45, 7) is 1.97. The van der Waals surface area contributed by atoms with Crippen molar-refractivity contribution in [2.24, 2.45) is 0 Å². The summed E-state index contributed by atoms with van der Waals surface area (Å²) in [6.07, 6.45) is 4.28. The van der Waals surface area contributed by atoms with Gasteiger partial charge in [-0.3, -0.25) is 0 Å². The van der Waals surface area contributed by atoms with E-state index in [9.17, 15) is 0 Å². The summed E-state index contributed by atoms with van der Waals surface area (Å²) in [5.41, 5.74) is 1.23. The second-order valence-corrected chi connectivity index (χ2v) is 5.66. The van der Waals surface area contributed by atoms with E-state index in [0.717, 1.165) is 15.1 Å². The molecule has 1 heterocycles. The van der Waals surface area contributed by atoms with Gasteiger partial charge in [0.25, 0.3) is 0 Å². The van der Waals surface area contributed by atoms with Crippen molar-refractivity contribution in [2.45, 2.75) is 11.3 Å². The molecule has 0 aliphatic carbocycles. The number of aromatic nitrogens is 2. The van der Waals surface area contributed by atoms with Crippen molar-refractivity contribution in [1.82, 2.24) is 10.2 Å². The maximum Gasteiger partial charge on any atom is 0.174 e. The molecule has 0 amide bonds. The largest absolute Gasteiger partial charge is 0.174 e. The topological polar surface area (TPSA) is 25.8 Å². The Balaban J connectivity index is 1.82. The Kier molecular flexibility index (Phi) is 4.13. The molecule has 1 aromatic carbocycles. The molecule has 0 N–H and O–H groups in total. The Hall–Kier alpha value is -1.13. The van der Waals surface area contributed by atoms with Gasteiger partial charge in [0.05, 0.1) is 0 Å². The van der Waals surface area contributed by atoms with E-state index < -0.39 is 0 Å². The van der Waals surface area contributed by atoms with E-state index in [0.29, 0.717) is 0 Å². The Morgan fingerprint density at radius 2 is 2.06 bits per heavy atom. The lowest BCUT2D eigenvalue weighted by Gasteiger charge is -1.91. The van der Waals surface area contributed by atoms with Crippen molar-refractivity contribution in [2.75, 3.05) is 5.75 Å². The van der Waals surface area contributed by atoms with E-state index in [2.05, 4.69) is 34.5 Å². The van der Waals surface area contributed by atoms with Gasteiger partial charge in [0.15, 0.2) is 4.34 Å². The first-order chi connectivity index (χ1) is 7.84. The summed E-state index contributed by atoms with van der Waals surface area (Å²) in [5, 5.41) is 9.06. The van der Waals surface area contributed by atoms with E-state index in [1.54, 1.807) is 23.1 Å². The van der Waals surface area contributed by atoms with Crippen LogP contribution in [-0.4, -0.2) is 16.0 Å². The molecule has 0 bridgehead atoms. The van der Waals surface area contributed by atoms with Crippen molar-refractivity contribution in [3.05, 3.63) is 47.0 Å². The zero-order valence-electron chi connectivity index (χ0n) is 8.96. The van der Waals surface area contributed by atoms with Crippen molar-refractivity contribution >= 4 is 29.2 Å². The third-order valence-corrected chi connectivity index (χ3v) is 3.84. The molecule has 0 fully saturated rings. The fourth-order valence-corrected chi connectivity index (χ4v) is 2.86. The van der Waals surface area contributed by atoms with Gasteiger partial charge in [-0.1, -0.05) is 65.6 Å². The van der Waals surface area contributed by atoms with Crippen molar-refractivity contribution in [3.63, 3.8) is 0 Å². The minimum atomic E-state index is 0.934. The molecule has 0 atom stereocenters. The normalized spacial score (nSPS) is 11.1. The molecule has 0 spiro atoms. The second-order valence-electron chi connectivity index (χ2n) is 3.21. The number of nitrogens with zero attached hydrogens (tertiary/aromatic N) is 2. The number of hydrogen-bond acceptors (Lipinski definition) is 4. The highest BCUT2D eigenvalue weighted by Crippen LogP contribution is 2.21. The predicted octanol–water partition coefficient (Wildman–Crippen LogP) is 3.65. The van der Waals surface area contributed by atoms with Crippen LogP contribution in [0.15, 0.2) is 40.7 Å². The average Bonchev–Trinajstić information content (AvgIpc) is 2.72. The summed E-state index contributed by atoms with van der Waals surface area (Å²) in [7, 11) is 0. The van der Waals surface area contributed by atoms with Crippen LogP contribution in [0.5, 0.6) is 0 Å². The zero-order valence-corrected chi connectivity index (χ0v) is 10.6. The standard InChI is InChI=1S/C12H12N2S2/c1-10-13-14-12(16-10)15-9-5-8-11-6-3-2-4-7-11/h2-8H,9H2,1H3. The van der Waals surface area contributed by atoms with E-state index in [4.69, 9.17) is 0 Å². The molecular formula is C12H12N2S2. The van der Waals surface area contributed by atoms with Crippen molar-refractivity contribution in [1.29, 1.82) is 0 Å². The Morgan fingerprint density at radius 1 is 1.25 bits per heavy atom. The number of thioether (sulfide) groups is 1. The smallest absolute Gasteiger partial charge is 0.143 e. The predicted molar refractivity (Wildman–Crippen MR) is 70.8 cm³/mol. The summed E-state index contributed by atoms with van der Waals surface area (Å²) in [5.74, 6) is 0.934. The fraction of sp³-hybridized carbons (Fsp3) is 0.167. The van der Waals surface area contributed by atoms with Crippen LogP contribution in [0.25, 0.3) is 6.08 Å². The summed E-state index contributed by atoms with van der Waals surface area (Å²) >= 11 is 3.36. The summed E-state index contributed by atoms with van der Waals surface area (Å²) in [6, 6.07) is 10.3. The number of benzene rings is 1. The van der Waals surface area contributed by atoms with Gasteiger partial charge < -0.3 is 0 Å². The quantitative estimate of drug-likeness (QED) is 0.772. The first-order valence-corrected chi connectivity index (χ1v) is 6.79. The van der Waals surface area contributed by atoms with Crippen LogP contribution in [0.2, 0.25) is 0 Å². The van der Waals surface area contributed by atoms with Crippen LogP contribution in [-0.2, 0) is 0 Å². The average molecular weight is 248 g/mol. The first-order valence-electron chi connectivity index (χ1n) is 4.99. The van der Waals surface area contributed by atoms with Crippen molar-refractivity contribution < 1.29 is 0 Å². The van der Waals surface area contributed by atoms with Crippen LogP contribution in [0.1, 0.15) is 10.6 Å². The Labute approximate surface area is 103 Å². The molecule has 0 radical (unpaired) electrons. The van der Waals surface area contributed by atoms with E-state index in [1.807, 2.05) is 25.1 Å². The lowest BCUT2D eigenvalue weighted by atomic mass is 10.2. The van der Waals surface area contributed by atoms with Gasteiger partial charge in [-0.2, -0.15) is 0 Å². The van der Waals surface area contributed by atoms with Gasteiger partial charge in [-0.05, 0) is 12.5 Å². The molecule has 0 aliphatic heterocycles. The Morgan fingerprint density at radius 3 is 2.75 bits per heavy atom. The molecule has 2 aromatic rings. The molecule has 4 heteroatoms. The molecule has 0 saturated carbocycles. The number of hydrogen-bond donors (Lipinski definition) is 0. The van der Waals surface area contributed by atoms with E-state index >= 15 is 0 Å². The second kappa shape index (κ2) is 5.82. The fourth-order valence-electron chi connectivity index (χ4n) is 1.20. The van der Waals surface area contributed by atoms with Crippen LogP contribution in [0.3, 0.4) is 0 Å². The molecule has 0 aliphatic rings. The highest BCUT2D eigenvalue weighted by molar-refractivity contribution is 8.01. The highest BCUT2D eigenvalue weighted by Gasteiger charge is 1.98. The van der Waals surface area contributed by atoms with Gasteiger partial charge >= 0.3 is 0 Å². The van der Waals surface area contributed by atoms with Crippen molar-refractivity contribution in [3.8, 4) is 0 Å². The van der Waals surface area contributed by atoms with Gasteiger partial charge in [0, 0.05) is 5.75 Å². The van der Waals surface area contributed by atoms with Gasteiger partial charge in [-0.15, -0.1) is 10.2 Å². The van der Waals surface area contributed by atoms with E-state index in [-0.39, 0.29) is 0 Å². The third-order valence-electron chi connectivity index (χ3n) is 1.92. The molecular weight excluding hydrogens is 236 g/mol. The summed E-state index contributed by atoms with van der Waals surface area (Å²) in [4.78, 5) is 0. The maximum atomic E-state index is 4.06. The molecule has 82 valence electrons. The molecule has 2 nitrogen and oxygen atoms in total. The lowest BCUT2D eigenvalue weighted by Crippen LogP contribution is -1.74. The molecule has 0 saturated heterocycles. The van der Waals surface area contributed by atoms with Gasteiger partial charge in [-0.25, -0.2) is 0 Å². The third kappa shape index (κ3) is 3.47. The number of rotatable bonds is 4.